The van der Waals surface area contributed by atoms with Crippen molar-refractivity contribution < 1.29 is 14.3 Å². The molecule has 5 nitrogen and oxygen atoms in total. The van der Waals surface area contributed by atoms with Gasteiger partial charge in [-0.15, -0.1) is 11.8 Å². The molecule has 0 aliphatic heterocycles. The van der Waals surface area contributed by atoms with Gasteiger partial charge in [0.05, 0.1) is 5.75 Å². The van der Waals surface area contributed by atoms with Crippen LogP contribution in [0.4, 0.5) is 0 Å². The number of fused-ring (bicyclic) bond motifs is 1. The zero-order chi connectivity index (χ0) is 12.3. The van der Waals surface area contributed by atoms with Crippen molar-refractivity contribution >= 4 is 28.8 Å². The Morgan fingerprint density at radius 2 is 2.29 bits per heavy atom. The molecule has 0 saturated carbocycles. The summed E-state index contributed by atoms with van der Waals surface area (Å²) in [4.78, 5) is 14.8. The third kappa shape index (κ3) is 2.98. The number of benzene rings is 1. The van der Waals surface area contributed by atoms with E-state index in [0.29, 0.717) is 17.4 Å². The number of para-hydroxylation sites is 2. The summed E-state index contributed by atoms with van der Waals surface area (Å²) in [6.45, 7) is 0. The minimum absolute atomic E-state index is 0.341. The van der Waals surface area contributed by atoms with E-state index in [0.717, 1.165) is 11.1 Å². The van der Waals surface area contributed by atoms with Crippen LogP contribution in [0.1, 0.15) is 5.89 Å². The normalized spacial score (nSPS) is 12.8. The number of nitrogens with two attached hydrogens (primary N) is 1. The first-order chi connectivity index (χ1) is 8.16. The number of carboxylic acid groups (broad SMARTS) is 1. The van der Waals surface area contributed by atoms with Crippen LogP contribution in [0.15, 0.2) is 28.7 Å². The molecule has 1 aromatic carbocycles. The van der Waals surface area contributed by atoms with Crippen LogP contribution in [0, 0.1) is 0 Å². The smallest absolute Gasteiger partial charge is 0.321 e. The fourth-order valence-corrected chi connectivity index (χ4v) is 2.14. The van der Waals surface area contributed by atoms with Gasteiger partial charge in [0, 0.05) is 5.75 Å². The zero-order valence-electron chi connectivity index (χ0n) is 9.00. The molecule has 2 rings (SSSR count). The van der Waals surface area contributed by atoms with E-state index in [9.17, 15) is 4.79 Å². The van der Waals surface area contributed by atoms with Gasteiger partial charge in [0.15, 0.2) is 5.58 Å². The number of aromatic nitrogens is 1. The Morgan fingerprint density at radius 1 is 1.53 bits per heavy atom. The highest BCUT2D eigenvalue weighted by molar-refractivity contribution is 7.98. The highest BCUT2D eigenvalue weighted by atomic mass is 32.2. The Kier molecular flexibility index (Phi) is 3.65. The highest BCUT2D eigenvalue weighted by Crippen LogP contribution is 2.18. The molecule has 17 heavy (non-hydrogen) atoms. The summed E-state index contributed by atoms with van der Waals surface area (Å²) in [6.07, 6.45) is 0. The first-order valence-electron chi connectivity index (χ1n) is 5.07. The number of rotatable bonds is 5. The van der Waals surface area contributed by atoms with Crippen molar-refractivity contribution in [3.8, 4) is 0 Å². The number of hydrogen-bond acceptors (Lipinski definition) is 5. The predicted octanol–water partition coefficient (Wildman–Crippen LogP) is 1.47. The average molecular weight is 252 g/mol. The number of hydrogen-bond donors (Lipinski definition) is 2. The van der Waals surface area contributed by atoms with E-state index in [4.69, 9.17) is 15.3 Å². The number of carbonyl (C=O) groups is 1. The van der Waals surface area contributed by atoms with Gasteiger partial charge >= 0.3 is 5.97 Å². The van der Waals surface area contributed by atoms with Crippen LogP contribution in [0.5, 0.6) is 0 Å². The van der Waals surface area contributed by atoms with Crippen LogP contribution in [0.2, 0.25) is 0 Å². The van der Waals surface area contributed by atoms with Crippen LogP contribution in [0.3, 0.4) is 0 Å². The van der Waals surface area contributed by atoms with Gasteiger partial charge in [0.1, 0.15) is 11.6 Å². The van der Waals surface area contributed by atoms with Gasteiger partial charge in [0.2, 0.25) is 5.89 Å². The number of carboxylic acids is 1. The molecule has 0 aliphatic rings. The number of aliphatic carboxylic acids is 1. The van der Waals surface area contributed by atoms with Crippen LogP contribution in [0.25, 0.3) is 11.1 Å². The predicted molar refractivity (Wildman–Crippen MR) is 65.8 cm³/mol. The topological polar surface area (TPSA) is 89.4 Å². The van der Waals surface area contributed by atoms with Crippen molar-refractivity contribution in [3.05, 3.63) is 30.2 Å². The van der Waals surface area contributed by atoms with E-state index in [2.05, 4.69) is 4.98 Å². The molecule has 0 saturated heterocycles. The molecule has 1 heterocycles. The fraction of sp³-hybridized carbons (Fsp3) is 0.273. The van der Waals surface area contributed by atoms with Crippen LogP contribution in [-0.4, -0.2) is 27.9 Å². The maximum atomic E-state index is 10.5. The second-order valence-electron chi connectivity index (χ2n) is 3.54. The lowest BCUT2D eigenvalue weighted by molar-refractivity contribution is -0.137. The molecular formula is C11H12N2O3S. The molecule has 0 bridgehead atoms. The van der Waals surface area contributed by atoms with Crippen molar-refractivity contribution in [1.82, 2.24) is 4.98 Å². The van der Waals surface area contributed by atoms with Gasteiger partial charge in [-0.1, -0.05) is 12.1 Å². The third-order valence-electron chi connectivity index (χ3n) is 2.18. The summed E-state index contributed by atoms with van der Waals surface area (Å²) in [5.74, 6) is 0.466. The third-order valence-corrected chi connectivity index (χ3v) is 3.22. The van der Waals surface area contributed by atoms with E-state index in [1.54, 1.807) is 0 Å². The molecule has 0 spiro atoms. The Balaban J connectivity index is 1.93. The number of nitrogens with zero attached hydrogens (tertiary/aromatic N) is 1. The molecule has 0 amide bonds. The lowest BCUT2D eigenvalue weighted by atomic mass is 10.3. The van der Waals surface area contributed by atoms with E-state index >= 15 is 0 Å². The maximum absolute atomic E-state index is 10.5. The van der Waals surface area contributed by atoms with Crippen molar-refractivity contribution in [2.45, 2.75) is 11.8 Å². The maximum Gasteiger partial charge on any atom is 0.321 e. The van der Waals surface area contributed by atoms with Gasteiger partial charge in [-0.05, 0) is 12.1 Å². The first-order valence-corrected chi connectivity index (χ1v) is 6.23. The second-order valence-corrected chi connectivity index (χ2v) is 4.57. The largest absolute Gasteiger partial charge is 0.480 e. The zero-order valence-corrected chi connectivity index (χ0v) is 9.81. The minimum Gasteiger partial charge on any atom is -0.480 e. The number of oxazole rings is 1. The lowest BCUT2D eigenvalue weighted by Crippen LogP contribution is -2.32. The van der Waals surface area contributed by atoms with E-state index in [1.807, 2.05) is 24.3 Å². The lowest BCUT2D eigenvalue weighted by Gasteiger charge is -2.03. The second kappa shape index (κ2) is 5.20. The van der Waals surface area contributed by atoms with Crippen molar-refractivity contribution in [3.63, 3.8) is 0 Å². The molecule has 0 aliphatic carbocycles. The van der Waals surface area contributed by atoms with Gasteiger partial charge in [-0.3, -0.25) is 4.79 Å². The number of thioether (sulfide) groups is 1. The summed E-state index contributed by atoms with van der Waals surface area (Å²) in [7, 11) is 0. The van der Waals surface area contributed by atoms with E-state index < -0.39 is 12.0 Å². The quantitative estimate of drug-likeness (QED) is 0.837. The summed E-state index contributed by atoms with van der Waals surface area (Å²) in [6, 6.07) is 6.65. The molecule has 2 aromatic rings. The molecule has 3 N–H and O–H groups in total. The molecule has 0 radical (unpaired) electrons. The van der Waals surface area contributed by atoms with E-state index in [1.165, 1.54) is 11.8 Å². The van der Waals surface area contributed by atoms with Crippen LogP contribution in [-0.2, 0) is 10.5 Å². The van der Waals surface area contributed by atoms with Gasteiger partial charge < -0.3 is 15.3 Å². The van der Waals surface area contributed by atoms with Gasteiger partial charge in [-0.25, -0.2) is 4.98 Å². The molecule has 0 fully saturated rings. The molecular weight excluding hydrogens is 240 g/mol. The Bertz CT molecular complexity index is 493. The first kappa shape index (κ1) is 11.9. The Morgan fingerprint density at radius 3 is 3.00 bits per heavy atom. The monoisotopic (exact) mass is 252 g/mol. The van der Waals surface area contributed by atoms with Gasteiger partial charge in [-0.2, -0.15) is 0 Å². The van der Waals surface area contributed by atoms with Crippen molar-refractivity contribution in [1.29, 1.82) is 0 Å². The molecule has 1 atom stereocenters. The SMILES string of the molecule is N[C@H](CSCc1nc2ccccc2o1)C(=O)O. The summed E-state index contributed by atoms with van der Waals surface area (Å²) < 4.78 is 5.49. The Hall–Kier alpha value is -1.53. The Labute approximate surface area is 102 Å². The molecule has 6 heteroatoms. The summed E-state index contributed by atoms with van der Waals surface area (Å²) in [5, 5.41) is 8.62. The van der Waals surface area contributed by atoms with Gasteiger partial charge in [0.25, 0.3) is 0 Å². The highest BCUT2D eigenvalue weighted by Gasteiger charge is 2.12. The standard InChI is InChI=1S/C11H12N2O3S/c12-7(11(14)15)5-17-6-10-13-8-3-1-2-4-9(8)16-10/h1-4,7H,5-6,12H2,(H,14,15)/t7-/m1/s1. The van der Waals surface area contributed by atoms with Crippen molar-refractivity contribution in [2.24, 2.45) is 5.73 Å². The molecule has 1 aromatic heterocycles. The van der Waals surface area contributed by atoms with E-state index in [-0.39, 0.29) is 0 Å². The minimum atomic E-state index is -0.991. The molecule has 0 unspecified atom stereocenters. The van der Waals surface area contributed by atoms with Crippen molar-refractivity contribution in [2.75, 3.05) is 5.75 Å². The summed E-state index contributed by atoms with van der Waals surface area (Å²) in [5.41, 5.74) is 6.94. The molecule has 90 valence electrons. The van der Waals surface area contributed by atoms with Crippen LogP contribution < -0.4 is 5.73 Å². The summed E-state index contributed by atoms with van der Waals surface area (Å²) >= 11 is 1.40. The fourth-order valence-electron chi connectivity index (χ4n) is 1.33. The van der Waals surface area contributed by atoms with Crippen LogP contribution >= 0.6 is 11.8 Å². The average Bonchev–Trinajstić information content (AvgIpc) is 2.71.